The summed E-state index contributed by atoms with van der Waals surface area (Å²) in [6, 6.07) is 9.21. The molecular weight excluding hydrogens is 214 g/mol. The Balaban J connectivity index is 2.07. The van der Waals surface area contributed by atoms with Gasteiger partial charge < -0.3 is 9.47 Å². The van der Waals surface area contributed by atoms with Crippen molar-refractivity contribution in [2.45, 2.75) is 32.2 Å². The molecule has 0 saturated heterocycles. The summed E-state index contributed by atoms with van der Waals surface area (Å²) in [6.07, 6.45) is 0.971. The van der Waals surface area contributed by atoms with Crippen LogP contribution in [0, 0.1) is 0 Å². The lowest BCUT2D eigenvalue weighted by Gasteiger charge is -2.36. The van der Waals surface area contributed by atoms with Gasteiger partial charge in [-0.1, -0.05) is 24.3 Å². The van der Waals surface area contributed by atoms with Crippen molar-refractivity contribution >= 4 is 0 Å². The summed E-state index contributed by atoms with van der Waals surface area (Å²) < 4.78 is 10.5. The monoisotopic (exact) mass is 235 g/mol. The summed E-state index contributed by atoms with van der Waals surface area (Å²) in [5.74, 6) is 0. The fourth-order valence-electron chi connectivity index (χ4n) is 2.41. The Morgan fingerprint density at radius 1 is 1.24 bits per heavy atom. The Kier molecular flexibility index (Phi) is 4.15. The molecule has 0 aliphatic carbocycles. The van der Waals surface area contributed by atoms with E-state index in [2.05, 4.69) is 36.1 Å². The van der Waals surface area contributed by atoms with E-state index in [9.17, 15) is 0 Å². The fraction of sp³-hybridized carbons (Fsp3) is 0.571. The molecule has 0 amide bonds. The first-order chi connectivity index (χ1) is 8.24. The zero-order valence-corrected chi connectivity index (χ0v) is 10.8. The highest BCUT2D eigenvalue weighted by atomic mass is 16.7. The molecule has 0 bridgehead atoms. The van der Waals surface area contributed by atoms with Gasteiger partial charge in [-0.05, 0) is 24.5 Å². The molecule has 0 unspecified atom stereocenters. The van der Waals surface area contributed by atoms with Crippen molar-refractivity contribution in [1.82, 2.24) is 4.90 Å². The second-order valence-corrected chi connectivity index (χ2v) is 4.65. The van der Waals surface area contributed by atoms with Gasteiger partial charge in [-0.25, -0.2) is 0 Å². The van der Waals surface area contributed by atoms with Gasteiger partial charge in [0, 0.05) is 26.8 Å². The van der Waals surface area contributed by atoms with Gasteiger partial charge in [0.25, 0.3) is 0 Å². The van der Waals surface area contributed by atoms with Crippen LogP contribution in [0.15, 0.2) is 24.3 Å². The van der Waals surface area contributed by atoms with Gasteiger partial charge in [-0.3, -0.25) is 4.90 Å². The first kappa shape index (κ1) is 12.6. The van der Waals surface area contributed by atoms with Crippen LogP contribution in [0.5, 0.6) is 0 Å². The van der Waals surface area contributed by atoms with E-state index >= 15 is 0 Å². The molecular formula is C14H21NO2. The van der Waals surface area contributed by atoms with Crippen molar-refractivity contribution in [1.29, 1.82) is 0 Å². The molecule has 0 spiro atoms. The molecule has 0 aromatic heterocycles. The van der Waals surface area contributed by atoms with E-state index in [1.807, 2.05) is 0 Å². The first-order valence-electron chi connectivity index (χ1n) is 6.11. The third kappa shape index (κ3) is 2.86. The summed E-state index contributed by atoms with van der Waals surface area (Å²) in [7, 11) is 3.38. The van der Waals surface area contributed by atoms with Crippen LogP contribution in [0.2, 0.25) is 0 Å². The minimum absolute atomic E-state index is 0.136. The number of methoxy groups -OCH3 is 2. The van der Waals surface area contributed by atoms with Crippen LogP contribution in [-0.2, 0) is 22.4 Å². The largest absolute Gasteiger partial charge is 0.355 e. The average molecular weight is 235 g/mol. The lowest BCUT2D eigenvalue weighted by Crippen LogP contribution is -2.43. The summed E-state index contributed by atoms with van der Waals surface area (Å²) in [6.45, 7) is 4.07. The molecule has 17 heavy (non-hydrogen) atoms. The number of hydrogen-bond acceptors (Lipinski definition) is 3. The molecule has 1 aliphatic heterocycles. The third-order valence-corrected chi connectivity index (χ3v) is 3.54. The van der Waals surface area contributed by atoms with Crippen molar-refractivity contribution < 1.29 is 9.47 Å². The van der Waals surface area contributed by atoms with Crippen molar-refractivity contribution in [2.75, 3.05) is 20.8 Å². The molecule has 0 N–H and O–H groups in total. The van der Waals surface area contributed by atoms with Crippen LogP contribution < -0.4 is 0 Å². The number of rotatable bonds is 4. The molecule has 1 atom stereocenters. The average Bonchev–Trinajstić information content (AvgIpc) is 2.36. The van der Waals surface area contributed by atoms with Gasteiger partial charge in [0.05, 0.1) is 6.54 Å². The van der Waals surface area contributed by atoms with Crippen molar-refractivity contribution in [3.8, 4) is 0 Å². The highest BCUT2D eigenvalue weighted by Crippen LogP contribution is 2.23. The molecule has 2 rings (SSSR count). The third-order valence-electron chi connectivity index (χ3n) is 3.54. The number of benzene rings is 1. The van der Waals surface area contributed by atoms with Gasteiger partial charge in [0.2, 0.25) is 0 Å². The van der Waals surface area contributed by atoms with Crippen molar-refractivity contribution in [3.05, 3.63) is 35.4 Å². The quantitative estimate of drug-likeness (QED) is 0.746. The smallest absolute Gasteiger partial charge is 0.169 e. The molecule has 0 fully saturated rings. The van der Waals surface area contributed by atoms with Crippen LogP contribution in [0.1, 0.15) is 18.1 Å². The zero-order chi connectivity index (χ0) is 12.3. The van der Waals surface area contributed by atoms with E-state index in [0.717, 1.165) is 19.5 Å². The maximum absolute atomic E-state index is 5.27. The molecule has 1 aliphatic rings. The van der Waals surface area contributed by atoms with E-state index in [0.29, 0.717) is 6.04 Å². The van der Waals surface area contributed by atoms with Gasteiger partial charge in [-0.2, -0.15) is 0 Å². The first-order valence-corrected chi connectivity index (χ1v) is 6.11. The molecule has 0 radical (unpaired) electrons. The topological polar surface area (TPSA) is 21.7 Å². The molecule has 3 nitrogen and oxygen atoms in total. The van der Waals surface area contributed by atoms with Crippen molar-refractivity contribution in [2.24, 2.45) is 0 Å². The van der Waals surface area contributed by atoms with Gasteiger partial charge in [0.1, 0.15) is 0 Å². The summed E-state index contributed by atoms with van der Waals surface area (Å²) in [4.78, 5) is 2.42. The molecule has 0 saturated carbocycles. The molecule has 1 aromatic carbocycles. The van der Waals surface area contributed by atoms with E-state index in [1.54, 1.807) is 14.2 Å². The normalized spacial score (nSPS) is 20.6. The van der Waals surface area contributed by atoms with Crippen LogP contribution in [0.3, 0.4) is 0 Å². The lowest BCUT2D eigenvalue weighted by atomic mass is 9.95. The number of fused-ring (bicyclic) bond motifs is 1. The molecule has 94 valence electrons. The highest BCUT2D eigenvalue weighted by Gasteiger charge is 2.24. The maximum atomic E-state index is 5.27. The van der Waals surface area contributed by atoms with Crippen molar-refractivity contribution in [3.63, 3.8) is 0 Å². The van der Waals surface area contributed by atoms with E-state index in [-0.39, 0.29) is 6.29 Å². The fourth-order valence-corrected chi connectivity index (χ4v) is 2.41. The molecule has 1 aromatic rings. The Morgan fingerprint density at radius 3 is 2.53 bits per heavy atom. The van der Waals surface area contributed by atoms with Crippen LogP contribution in [0.25, 0.3) is 0 Å². The number of nitrogens with zero attached hydrogens (tertiary/aromatic N) is 1. The number of hydrogen-bond donors (Lipinski definition) is 0. The lowest BCUT2D eigenvalue weighted by molar-refractivity contribution is -0.122. The minimum Gasteiger partial charge on any atom is -0.355 e. The summed E-state index contributed by atoms with van der Waals surface area (Å²) in [5.41, 5.74) is 2.90. The van der Waals surface area contributed by atoms with E-state index in [4.69, 9.17) is 9.47 Å². The Labute approximate surface area is 103 Å². The summed E-state index contributed by atoms with van der Waals surface area (Å²) in [5, 5.41) is 0. The highest BCUT2D eigenvalue weighted by molar-refractivity contribution is 5.29. The minimum atomic E-state index is -0.136. The van der Waals surface area contributed by atoms with Gasteiger partial charge in [-0.15, -0.1) is 0 Å². The molecule has 3 heteroatoms. The maximum Gasteiger partial charge on any atom is 0.169 e. The SMILES string of the molecule is COC(CN1Cc2ccccc2C[C@H]1C)OC. The van der Waals surface area contributed by atoms with Crippen LogP contribution >= 0.6 is 0 Å². The Hall–Kier alpha value is -0.900. The van der Waals surface area contributed by atoms with Gasteiger partial charge >= 0.3 is 0 Å². The standard InChI is InChI=1S/C14H21NO2/c1-11-8-12-6-4-5-7-13(12)9-15(11)10-14(16-2)17-3/h4-7,11,14H,8-10H2,1-3H3/t11-/m1/s1. The predicted octanol–water partition coefficient (Wildman–Crippen LogP) is 2.05. The van der Waals surface area contributed by atoms with E-state index in [1.165, 1.54) is 11.1 Å². The zero-order valence-electron chi connectivity index (χ0n) is 10.8. The predicted molar refractivity (Wildman–Crippen MR) is 67.8 cm³/mol. The molecule has 1 heterocycles. The Morgan fingerprint density at radius 2 is 1.88 bits per heavy atom. The van der Waals surface area contributed by atoms with Crippen LogP contribution in [-0.4, -0.2) is 38.0 Å². The Bertz CT molecular complexity index is 363. The second kappa shape index (κ2) is 5.63. The summed E-state index contributed by atoms with van der Waals surface area (Å²) >= 11 is 0. The van der Waals surface area contributed by atoms with E-state index < -0.39 is 0 Å². The van der Waals surface area contributed by atoms with Gasteiger partial charge in [0.15, 0.2) is 6.29 Å². The number of ether oxygens (including phenoxy) is 2. The van der Waals surface area contributed by atoms with Crippen LogP contribution in [0.4, 0.5) is 0 Å². The second-order valence-electron chi connectivity index (χ2n) is 4.65.